The smallest absolute Gasteiger partial charge is 0.229 e. The molecular formula is C18H23ClN4O2S. The molecule has 2 unspecified atom stereocenters. The Bertz CT molecular complexity index is 763. The fourth-order valence-corrected chi connectivity index (χ4v) is 3.79. The number of aromatic nitrogens is 1. The molecule has 1 aliphatic rings. The summed E-state index contributed by atoms with van der Waals surface area (Å²) in [4.78, 5) is 27.9. The van der Waals surface area contributed by atoms with Gasteiger partial charge in [0.25, 0.3) is 0 Å². The molecule has 1 aromatic heterocycles. The number of thiazole rings is 1. The highest BCUT2D eigenvalue weighted by Gasteiger charge is 2.25. The van der Waals surface area contributed by atoms with Crippen LogP contribution in [0.1, 0.15) is 32.6 Å². The number of nitrogens with zero attached hydrogens (tertiary/aromatic N) is 1. The third-order valence-electron chi connectivity index (χ3n) is 4.32. The molecule has 1 heterocycles. The zero-order valence-electron chi connectivity index (χ0n) is 14.5. The van der Waals surface area contributed by atoms with E-state index >= 15 is 0 Å². The number of rotatable bonds is 4. The molecule has 1 aromatic carbocycles. The van der Waals surface area contributed by atoms with Gasteiger partial charge in [0.05, 0.1) is 5.69 Å². The number of hydrogen-bond donors (Lipinski definition) is 3. The van der Waals surface area contributed by atoms with Gasteiger partial charge in [-0.25, -0.2) is 4.98 Å². The molecule has 3 rings (SSSR count). The van der Waals surface area contributed by atoms with Gasteiger partial charge in [-0.3, -0.25) is 9.59 Å². The van der Waals surface area contributed by atoms with Crippen molar-refractivity contribution in [3.63, 3.8) is 0 Å². The molecule has 140 valence electrons. The Labute approximate surface area is 163 Å². The van der Waals surface area contributed by atoms with Crippen molar-refractivity contribution in [1.29, 1.82) is 0 Å². The maximum absolute atomic E-state index is 12.4. The lowest BCUT2D eigenvalue weighted by molar-refractivity contribution is -0.121. The Hall–Kier alpha value is -1.96. The lowest BCUT2D eigenvalue weighted by atomic mass is 9.86. The van der Waals surface area contributed by atoms with Crippen molar-refractivity contribution in [2.75, 3.05) is 10.6 Å². The first-order valence-electron chi connectivity index (χ1n) is 8.41. The highest BCUT2D eigenvalue weighted by molar-refractivity contribution is 7.14. The maximum atomic E-state index is 12.4. The number of nitrogens with two attached hydrogens (primary N) is 1. The Morgan fingerprint density at radius 3 is 2.58 bits per heavy atom. The molecule has 26 heavy (non-hydrogen) atoms. The second kappa shape index (κ2) is 9.12. The molecule has 1 aliphatic carbocycles. The van der Waals surface area contributed by atoms with Crippen LogP contribution in [0.25, 0.3) is 11.3 Å². The van der Waals surface area contributed by atoms with Crippen LogP contribution in [0.2, 0.25) is 0 Å². The van der Waals surface area contributed by atoms with Crippen molar-refractivity contribution >= 4 is 46.4 Å². The fraction of sp³-hybridized carbons (Fsp3) is 0.389. The second-order valence-corrected chi connectivity index (χ2v) is 7.27. The molecule has 0 spiro atoms. The van der Waals surface area contributed by atoms with E-state index < -0.39 is 0 Å². The first-order valence-corrected chi connectivity index (χ1v) is 9.29. The Kier molecular flexibility index (Phi) is 7.14. The van der Waals surface area contributed by atoms with Gasteiger partial charge in [-0.05, 0) is 31.4 Å². The zero-order valence-corrected chi connectivity index (χ0v) is 16.2. The summed E-state index contributed by atoms with van der Waals surface area (Å²) >= 11 is 1.41. The fourth-order valence-electron chi connectivity index (χ4n) is 3.06. The van der Waals surface area contributed by atoms with Gasteiger partial charge in [0.2, 0.25) is 11.8 Å². The Balaban J connectivity index is 0.00000243. The maximum Gasteiger partial charge on any atom is 0.229 e. The largest absolute Gasteiger partial charge is 0.328 e. The Morgan fingerprint density at radius 2 is 1.92 bits per heavy atom. The minimum Gasteiger partial charge on any atom is -0.328 e. The van der Waals surface area contributed by atoms with Crippen molar-refractivity contribution in [2.45, 2.75) is 38.6 Å². The summed E-state index contributed by atoms with van der Waals surface area (Å²) in [6.45, 7) is 1.47. The number of halogens is 1. The van der Waals surface area contributed by atoms with Crippen molar-refractivity contribution in [3.8, 4) is 11.3 Å². The summed E-state index contributed by atoms with van der Waals surface area (Å²) in [7, 11) is 0. The van der Waals surface area contributed by atoms with Gasteiger partial charge >= 0.3 is 0 Å². The predicted octanol–water partition coefficient (Wildman–Crippen LogP) is 3.65. The summed E-state index contributed by atoms with van der Waals surface area (Å²) in [5.41, 5.74) is 8.44. The lowest BCUT2D eigenvalue weighted by Crippen LogP contribution is -2.34. The van der Waals surface area contributed by atoms with E-state index in [4.69, 9.17) is 5.73 Å². The number of benzene rings is 1. The van der Waals surface area contributed by atoms with E-state index in [9.17, 15) is 9.59 Å². The van der Waals surface area contributed by atoms with E-state index in [2.05, 4.69) is 15.6 Å². The molecule has 2 atom stereocenters. The minimum absolute atomic E-state index is 0. The topological polar surface area (TPSA) is 97.1 Å². The van der Waals surface area contributed by atoms with Crippen molar-refractivity contribution in [3.05, 3.63) is 29.6 Å². The van der Waals surface area contributed by atoms with Crippen LogP contribution in [0, 0.1) is 5.92 Å². The summed E-state index contributed by atoms with van der Waals surface area (Å²) < 4.78 is 0. The SMILES string of the molecule is CC(=O)Nc1ccc(-c2csc(NC(=O)C3CCCC(N)C3)n2)cc1.Cl. The molecular weight excluding hydrogens is 372 g/mol. The molecule has 0 bridgehead atoms. The quantitative estimate of drug-likeness (QED) is 0.737. The summed E-state index contributed by atoms with van der Waals surface area (Å²) in [6, 6.07) is 7.58. The normalized spacial score (nSPS) is 19.3. The molecule has 6 nitrogen and oxygen atoms in total. The molecule has 1 saturated carbocycles. The van der Waals surface area contributed by atoms with Crippen LogP contribution >= 0.6 is 23.7 Å². The molecule has 0 radical (unpaired) electrons. The van der Waals surface area contributed by atoms with Crippen molar-refractivity contribution in [2.24, 2.45) is 11.7 Å². The molecule has 2 aromatic rings. The van der Waals surface area contributed by atoms with Gasteiger partial charge in [-0.15, -0.1) is 23.7 Å². The first-order chi connectivity index (χ1) is 12.0. The molecule has 8 heteroatoms. The monoisotopic (exact) mass is 394 g/mol. The number of hydrogen-bond acceptors (Lipinski definition) is 5. The molecule has 0 aliphatic heterocycles. The van der Waals surface area contributed by atoms with Gasteiger partial charge in [-0.2, -0.15) is 0 Å². The van der Waals surface area contributed by atoms with Crippen molar-refractivity contribution < 1.29 is 9.59 Å². The predicted molar refractivity (Wildman–Crippen MR) is 108 cm³/mol. The average Bonchev–Trinajstić information content (AvgIpc) is 3.03. The summed E-state index contributed by atoms with van der Waals surface area (Å²) in [5, 5.41) is 8.16. The van der Waals surface area contributed by atoms with Gasteiger partial charge in [0.15, 0.2) is 5.13 Å². The van der Waals surface area contributed by atoms with Crippen LogP contribution in [0.15, 0.2) is 29.6 Å². The standard InChI is InChI=1S/C18H22N4O2S.ClH/c1-11(23)20-15-7-5-12(6-8-15)16-10-25-18(21-16)22-17(24)13-3-2-4-14(19)9-13;/h5-8,10,13-14H,2-4,9,19H2,1H3,(H,20,23)(H,21,22,24);1H. The van der Waals surface area contributed by atoms with E-state index in [-0.39, 0.29) is 36.2 Å². The van der Waals surface area contributed by atoms with Crippen LogP contribution in [0.5, 0.6) is 0 Å². The molecule has 0 saturated heterocycles. The van der Waals surface area contributed by atoms with Crippen LogP contribution in [0.4, 0.5) is 10.8 Å². The average molecular weight is 395 g/mol. The third kappa shape index (κ3) is 5.27. The second-order valence-electron chi connectivity index (χ2n) is 6.41. The van der Waals surface area contributed by atoms with E-state index in [0.29, 0.717) is 5.13 Å². The molecule has 4 N–H and O–H groups in total. The summed E-state index contributed by atoms with van der Waals surface area (Å²) in [5.74, 6) is -0.112. The van der Waals surface area contributed by atoms with Gasteiger partial charge in [-0.1, -0.05) is 18.6 Å². The van der Waals surface area contributed by atoms with Gasteiger partial charge in [0, 0.05) is 35.5 Å². The van der Waals surface area contributed by atoms with Crippen LogP contribution in [-0.4, -0.2) is 22.8 Å². The highest BCUT2D eigenvalue weighted by Crippen LogP contribution is 2.28. The van der Waals surface area contributed by atoms with Crippen LogP contribution in [0.3, 0.4) is 0 Å². The Morgan fingerprint density at radius 1 is 1.19 bits per heavy atom. The van der Waals surface area contributed by atoms with Crippen LogP contribution < -0.4 is 16.4 Å². The minimum atomic E-state index is -0.103. The number of carbonyl (C=O) groups is 2. The number of anilines is 2. The zero-order chi connectivity index (χ0) is 17.8. The first kappa shape index (κ1) is 20.4. The van der Waals surface area contributed by atoms with E-state index in [1.54, 1.807) is 0 Å². The molecule has 1 fully saturated rings. The number of carbonyl (C=O) groups excluding carboxylic acids is 2. The van der Waals surface area contributed by atoms with Gasteiger partial charge < -0.3 is 16.4 Å². The van der Waals surface area contributed by atoms with Crippen molar-refractivity contribution in [1.82, 2.24) is 4.98 Å². The lowest BCUT2D eigenvalue weighted by Gasteiger charge is -2.25. The number of nitrogens with one attached hydrogen (secondary N) is 2. The van der Waals surface area contributed by atoms with Crippen LogP contribution in [-0.2, 0) is 9.59 Å². The third-order valence-corrected chi connectivity index (χ3v) is 5.08. The van der Waals surface area contributed by atoms with E-state index in [1.165, 1.54) is 18.3 Å². The highest BCUT2D eigenvalue weighted by atomic mass is 35.5. The molecule has 2 amide bonds. The van der Waals surface area contributed by atoms with Gasteiger partial charge in [0.1, 0.15) is 0 Å². The van der Waals surface area contributed by atoms with E-state index in [1.807, 2.05) is 29.6 Å². The van der Waals surface area contributed by atoms with E-state index in [0.717, 1.165) is 42.6 Å². The number of amides is 2. The summed E-state index contributed by atoms with van der Waals surface area (Å²) in [6.07, 6.45) is 3.64.